The molecule has 0 aliphatic carbocycles. The van der Waals surface area contributed by atoms with Gasteiger partial charge >= 0.3 is 0 Å². The van der Waals surface area contributed by atoms with Crippen LogP contribution in [-0.2, 0) is 9.68 Å². The van der Waals surface area contributed by atoms with E-state index in [1.807, 2.05) is 0 Å². The van der Waals surface area contributed by atoms with Crippen LogP contribution in [0.15, 0.2) is 0 Å². The van der Waals surface area contributed by atoms with Crippen molar-refractivity contribution in [1.82, 2.24) is 5.23 Å². The fourth-order valence-corrected chi connectivity index (χ4v) is 2.91. The van der Waals surface area contributed by atoms with Crippen molar-refractivity contribution in [3.63, 3.8) is 0 Å². The molecule has 1 unspecified atom stereocenters. The Labute approximate surface area is 160 Å². The normalized spacial score (nSPS) is 12.8. The van der Waals surface area contributed by atoms with Gasteiger partial charge in [0.05, 0.1) is 39.1 Å². The molecule has 0 aromatic heterocycles. The van der Waals surface area contributed by atoms with Gasteiger partial charge in [-0.2, -0.15) is 0 Å². The van der Waals surface area contributed by atoms with Crippen molar-refractivity contribution in [3.05, 3.63) is 0 Å². The zero-order chi connectivity index (χ0) is 19.3. The number of hydrogen-bond donors (Lipinski definition) is 3. The molecule has 0 aromatic carbocycles. The molecular formula is C20H43NO5. The van der Waals surface area contributed by atoms with E-state index < -0.39 is 6.10 Å². The topological polar surface area (TPSA) is 82.4 Å². The summed E-state index contributed by atoms with van der Waals surface area (Å²) in [4.78, 5) is 10.3. The van der Waals surface area contributed by atoms with Gasteiger partial charge in [-0.05, 0) is 6.42 Å². The predicted octanol–water partition coefficient (Wildman–Crippen LogP) is 3.59. The van der Waals surface area contributed by atoms with Gasteiger partial charge in [0.15, 0.2) is 0 Å². The van der Waals surface area contributed by atoms with Crippen LogP contribution in [0.5, 0.6) is 0 Å². The predicted molar refractivity (Wildman–Crippen MR) is 104 cm³/mol. The molecule has 0 radical (unpaired) electrons. The molecular weight excluding hydrogens is 334 g/mol. The number of nitrogens with zero attached hydrogens (tertiary/aromatic N) is 1. The van der Waals surface area contributed by atoms with E-state index in [0.29, 0.717) is 6.42 Å². The van der Waals surface area contributed by atoms with Crippen LogP contribution < -0.4 is 0 Å². The minimum Gasteiger partial charge on any atom is -0.394 e. The van der Waals surface area contributed by atoms with Crippen molar-refractivity contribution in [1.29, 1.82) is 0 Å². The molecule has 0 aliphatic heterocycles. The SMILES string of the molecule is CCCCCCCCCCCCCCC(O)CN(OCCO)OCCO. The van der Waals surface area contributed by atoms with Gasteiger partial charge in [0.2, 0.25) is 0 Å². The van der Waals surface area contributed by atoms with E-state index in [1.165, 1.54) is 64.2 Å². The molecule has 0 aliphatic rings. The first kappa shape index (κ1) is 25.8. The third kappa shape index (κ3) is 18.5. The highest BCUT2D eigenvalue weighted by molar-refractivity contribution is 4.57. The first-order valence-electron chi connectivity index (χ1n) is 10.7. The van der Waals surface area contributed by atoms with Crippen LogP contribution in [0.3, 0.4) is 0 Å². The van der Waals surface area contributed by atoms with Crippen LogP contribution in [0, 0.1) is 0 Å². The van der Waals surface area contributed by atoms with E-state index in [4.69, 9.17) is 19.9 Å². The third-order valence-electron chi connectivity index (χ3n) is 4.40. The average Bonchev–Trinajstić information content (AvgIpc) is 2.64. The summed E-state index contributed by atoms with van der Waals surface area (Å²) in [6.07, 6.45) is 15.8. The summed E-state index contributed by atoms with van der Waals surface area (Å²) in [6.45, 7) is 2.46. The minimum atomic E-state index is -0.532. The van der Waals surface area contributed by atoms with Crippen molar-refractivity contribution in [2.75, 3.05) is 33.0 Å². The molecule has 0 spiro atoms. The van der Waals surface area contributed by atoms with Gasteiger partial charge in [-0.3, -0.25) is 9.68 Å². The van der Waals surface area contributed by atoms with Gasteiger partial charge in [0.25, 0.3) is 0 Å². The van der Waals surface area contributed by atoms with Crippen LogP contribution >= 0.6 is 0 Å². The van der Waals surface area contributed by atoms with Gasteiger partial charge in [-0.25, -0.2) is 0 Å². The second-order valence-corrected chi connectivity index (χ2v) is 6.96. The molecule has 26 heavy (non-hydrogen) atoms. The molecule has 1 atom stereocenters. The quantitative estimate of drug-likeness (QED) is 0.209. The zero-order valence-electron chi connectivity index (χ0n) is 16.9. The molecule has 0 aromatic rings. The lowest BCUT2D eigenvalue weighted by molar-refractivity contribution is -0.377. The molecule has 0 rings (SSSR count). The molecule has 0 saturated heterocycles. The highest BCUT2D eigenvalue weighted by Crippen LogP contribution is 2.13. The molecule has 158 valence electrons. The van der Waals surface area contributed by atoms with Crippen molar-refractivity contribution in [2.45, 2.75) is 96.5 Å². The van der Waals surface area contributed by atoms with E-state index >= 15 is 0 Å². The standard InChI is InChI=1S/C20H43NO5/c1-2-3-4-5-6-7-8-9-10-11-12-13-14-20(24)19-21(25-17-15-22)26-18-16-23/h20,22-24H,2-19H2,1H3. The van der Waals surface area contributed by atoms with E-state index in [1.54, 1.807) is 0 Å². The first-order chi connectivity index (χ1) is 12.7. The Morgan fingerprint density at radius 1 is 0.692 bits per heavy atom. The van der Waals surface area contributed by atoms with Crippen LogP contribution in [0.4, 0.5) is 0 Å². The Morgan fingerprint density at radius 2 is 1.12 bits per heavy atom. The molecule has 0 saturated carbocycles. The summed E-state index contributed by atoms with van der Waals surface area (Å²) in [5.41, 5.74) is 0. The fraction of sp³-hybridized carbons (Fsp3) is 1.00. The molecule has 3 N–H and O–H groups in total. The molecule has 6 nitrogen and oxygen atoms in total. The number of aliphatic hydroxyl groups is 3. The van der Waals surface area contributed by atoms with Gasteiger partial charge in [-0.15, -0.1) is 0 Å². The highest BCUT2D eigenvalue weighted by atomic mass is 16.9. The van der Waals surface area contributed by atoms with Crippen LogP contribution in [-0.4, -0.2) is 59.6 Å². The summed E-state index contributed by atoms with van der Waals surface area (Å²) in [5.74, 6) is 0. The average molecular weight is 378 g/mol. The van der Waals surface area contributed by atoms with Crippen molar-refractivity contribution in [2.24, 2.45) is 0 Å². The Bertz CT molecular complexity index is 261. The highest BCUT2D eigenvalue weighted by Gasteiger charge is 2.13. The number of rotatable bonds is 21. The fourth-order valence-electron chi connectivity index (χ4n) is 2.91. The van der Waals surface area contributed by atoms with E-state index in [9.17, 15) is 5.11 Å². The van der Waals surface area contributed by atoms with E-state index in [0.717, 1.165) is 18.1 Å². The third-order valence-corrected chi connectivity index (χ3v) is 4.40. The summed E-state index contributed by atoms with van der Waals surface area (Å²) in [7, 11) is 0. The minimum absolute atomic E-state index is 0.108. The Kier molecular flexibility index (Phi) is 20.9. The monoisotopic (exact) mass is 377 g/mol. The summed E-state index contributed by atoms with van der Waals surface area (Å²) in [5, 5.41) is 28.8. The first-order valence-corrected chi connectivity index (χ1v) is 10.7. The number of unbranched alkanes of at least 4 members (excludes halogenated alkanes) is 11. The number of hydroxylamine groups is 2. The summed E-state index contributed by atoms with van der Waals surface area (Å²) >= 11 is 0. The number of aliphatic hydroxyl groups excluding tert-OH is 3. The maximum Gasteiger partial charge on any atom is 0.0942 e. The Balaban J connectivity index is 3.46. The van der Waals surface area contributed by atoms with Crippen molar-refractivity contribution >= 4 is 0 Å². The lowest BCUT2D eigenvalue weighted by atomic mass is 10.0. The molecule has 0 fully saturated rings. The van der Waals surface area contributed by atoms with Crippen molar-refractivity contribution in [3.8, 4) is 0 Å². The van der Waals surface area contributed by atoms with Gasteiger partial charge in [0, 0.05) is 0 Å². The molecule has 0 bridgehead atoms. The second-order valence-electron chi connectivity index (χ2n) is 6.96. The van der Waals surface area contributed by atoms with Gasteiger partial charge in [-0.1, -0.05) is 89.2 Å². The van der Waals surface area contributed by atoms with Gasteiger partial charge < -0.3 is 15.3 Å². The van der Waals surface area contributed by atoms with Crippen LogP contribution in [0.1, 0.15) is 90.4 Å². The maximum atomic E-state index is 10.1. The molecule has 0 heterocycles. The Morgan fingerprint density at radius 3 is 1.54 bits per heavy atom. The van der Waals surface area contributed by atoms with Crippen LogP contribution in [0.25, 0.3) is 0 Å². The lowest BCUT2D eigenvalue weighted by Crippen LogP contribution is -2.34. The molecule has 6 heteroatoms. The largest absolute Gasteiger partial charge is 0.394 e. The Hall–Kier alpha value is -0.240. The number of hydrogen-bond acceptors (Lipinski definition) is 6. The van der Waals surface area contributed by atoms with Crippen LogP contribution in [0.2, 0.25) is 0 Å². The van der Waals surface area contributed by atoms with Crippen molar-refractivity contribution < 1.29 is 25.0 Å². The van der Waals surface area contributed by atoms with E-state index in [-0.39, 0.29) is 33.0 Å². The maximum absolute atomic E-state index is 10.1. The lowest BCUT2D eigenvalue weighted by Gasteiger charge is -2.22. The summed E-state index contributed by atoms with van der Waals surface area (Å²) < 4.78 is 0. The zero-order valence-corrected chi connectivity index (χ0v) is 16.9. The smallest absolute Gasteiger partial charge is 0.0942 e. The summed E-state index contributed by atoms with van der Waals surface area (Å²) in [6, 6.07) is 0. The second kappa shape index (κ2) is 21.1. The molecule has 0 amide bonds. The van der Waals surface area contributed by atoms with E-state index in [2.05, 4.69) is 6.92 Å². The van der Waals surface area contributed by atoms with Gasteiger partial charge in [0.1, 0.15) is 0 Å².